The molecule has 0 bridgehead atoms. The zero-order valence-corrected chi connectivity index (χ0v) is 33.9. The van der Waals surface area contributed by atoms with Crippen molar-refractivity contribution in [3.8, 4) is 0 Å². The number of quaternary nitrogens is 1. The maximum Gasteiger partial charge on any atom is 0.305 e. The van der Waals surface area contributed by atoms with Crippen molar-refractivity contribution in [2.45, 2.75) is 194 Å². The number of nitrogens with zero attached hydrogens (tertiary/aromatic N) is 2. The summed E-state index contributed by atoms with van der Waals surface area (Å²) in [6.45, 7) is 5.85. The Morgan fingerprint density at radius 2 is 0.714 bits per heavy atom. The number of halogens is 1. The standard InChI is InChI=1S/C41H81N2O5.ClH/c1-6-8-10-12-14-16-18-20-22-24-26-28-30-32-40(45)47-36-34-42(39(44)38-43(3,4)5)35-37-48-41(46)33-31-29-27-25-23-21-19-17-15-13-11-9-7-2;/h6-38H2,1-5H3;1H/q+1;/p-1. The predicted molar refractivity (Wildman–Crippen MR) is 202 cm³/mol. The van der Waals surface area contributed by atoms with E-state index in [4.69, 9.17) is 9.47 Å². The number of carbonyl (C=O) groups excluding carboxylic acids is 3. The Labute approximate surface area is 310 Å². The normalized spacial score (nSPS) is 11.3. The van der Waals surface area contributed by atoms with E-state index < -0.39 is 0 Å². The fourth-order valence-corrected chi connectivity index (χ4v) is 6.12. The van der Waals surface area contributed by atoms with Crippen molar-refractivity contribution in [3.05, 3.63) is 0 Å². The Morgan fingerprint density at radius 3 is 0.980 bits per heavy atom. The number of hydrogen-bond acceptors (Lipinski definition) is 5. The number of ether oxygens (including phenoxy) is 2. The number of esters is 2. The van der Waals surface area contributed by atoms with Gasteiger partial charge in [0.2, 0.25) is 0 Å². The Bertz CT molecular complexity index is 711. The second kappa shape index (κ2) is 36.5. The smallest absolute Gasteiger partial charge is 0.305 e. The number of likely N-dealkylation sites (N-methyl/N-ethyl adjacent to an activating group) is 1. The van der Waals surface area contributed by atoms with Crippen molar-refractivity contribution in [3.63, 3.8) is 0 Å². The fraction of sp³-hybridized carbons (Fsp3) is 0.927. The zero-order valence-electron chi connectivity index (χ0n) is 33.1. The van der Waals surface area contributed by atoms with E-state index in [0.29, 0.717) is 37.0 Å². The lowest BCUT2D eigenvalue weighted by atomic mass is 10.0. The average molecular weight is 718 g/mol. The van der Waals surface area contributed by atoms with Crippen LogP contribution in [0, 0.1) is 0 Å². The summed E-state index contributed by atoms with van der Waals surface area (Å²) < 4.78 is 11.5. The molecule has 0 aliphatic heterocycles. The minimum absolute atomic E-state index is 0. The lowest BCUT2D eigenvalue weighted by Crippen LogP contribution is -3.00. The molecular weight excluding hydrogens is 636 g/mol. The first-order chi connectivity index (χ1) is 23.2. The van der Waals surface area contributed by atoms with Crippen molar-refractivity contribution in [2.75, 3.05) is 54.0 Å². The Morgan fingerprint density at radius 1 is 0.449 bits per heavy atom. The van der Waals surface area contributed by atoms with Crippen LogP contribution in [0.2, 0.25) is 0 Å². The second-order valence-electron chi connectivity index (χ2n) is 15.3. The van der Waals surface area contributed by atoms with E-state index in [1.54, 1.807) is 4.90 Å². The Hall–Kier alpha value is -1.34. The molecule has 0 spiro atoms. The highest BCUT2D eigenvalue weighted by Crippen LogP contribution is 2.14. The first-order valence-electron chi connectivity index (χ1n) is 20.6. The molecule has 49 heavy (non-hydrogen) atoms. The Kier molecular flexibility index (Phi) is 37.0. The molecule has 0 aromatic carbocycles. The summed E-state index contributed by atoms with van der Waals surface area (Å²) in [5, 5.41) is 0. The van der Waals surface area contributed by atoms with Gasteiger partial charge in [-0.25, -0.2) is 0 Å². The number of unbranched alkanes of at least 4 members (excludes halogenated alkanes) is 24. The third-order valence-corrected chi connectivity index (χ3v) is 9.18. The molecule has 0 heterocycles. The topological polar surface area (TPSA) is 72.9 Å². The van der Waals surface area contributed by atoms with Crippen molar-refractivity contribution in [2.24, 2.45) is 0 Å². The summed E-state index contributed by atoms with van der Waals surface area (Å²) in [6.07, 6.45) is 34.0. The summed E-state index contributed by atoms with van der Waals surface area (Å²) in [7, 11) is 5.92. The van der Waals surface area contributed by atoms with Gasteiger partial charge < -0.3 is 31.3 Å². The summed E-state index contributed by atoms with van der Waals surface area (Å²) >= 11 is 0. The SMILES string of the molecule is CCCCCCCCCCCCCCCC(=O)OCCN(CCOC(=O)CCCCCCCCCCCCCCC)C(=O)C[N+](C)(C)C.[Cl-]. The predicted octanol–water partition coefficient (Wildman–Crippen LogP) is 7.57. The second-order valence-corrected chi connectivity index (χ2v) is 15.3. The highest BCUT2D eigenvalue weighted by atomic mass is 35.5. The highest BCUT2D eigenvalue weighted by molar-refractivity contribution is 5.77. The van der Waals surface area contributed by atoms with E-state index in [2.05, 4.69) is 13.8 Å². The number of carbonyl (C=O) groups is 3. The molecule has 0 aromatic rings. The van der Waals surface area contributed by atoms with Crippen molar-refractivity contribution < 1.29 is 40.7 Å². The number of rotatable bonds is 36. The molecule has 1 amide bonds. The van der Waals surface area contributed by atoms with Crippen molar-refractivity contribution in [1.82, 2.24) is 4.90 Å². The van der Waals surface area contributed by atoms with Crippen LogP contribution >= 0.6 is 0 Å². The first kappa shape index (κ1) is 49.8. The zero-order chi connectivity index (χ0) is 35.6. The molecule has 0 saturated heterocycles. The minimum atomic E-state index is -0.193. The minimum Gasteiger partial charge on any atom is -1.00 e. The maximum absolute atomic E-state index is 13.0. The number of amides is 1. The molecule has 0 unspecified atom stereocenters. The summed E-state index contributed by atoms with van der Waals surface area (Å²) in [6, 6.07) is 0. The average Bonchev–Trinajstić information content (AvgIpc) is 3.03. The molecular formula is C41H81ClN2O5. The lowest BCUT2D eigenvalue weighted by Gasteiger charge is -2.28. The van der Waals surface area contributed by atoms with Gasteiger partial charge in [-0.2, -0.15) is 0 Å². The van der Waals surface area contributed by atoms with Crippen LogP contribution in [0.3, 0.4) is 0 Å². The maximum atomic E-state index is 13.0. The van der Waals surface area contributed by atoms with Crippen LogP contribution in [0.15, 0.2) is 0 Å². The third kappa shape index (κ3) is 37.7. The molecule has 0 rings (SSSR count). The van der Waals surface area contributed by atoms with Crippen LogP contribution in [0.5, 0.6) is 0 Å². The van der Waals surface area contributed by atoms with Gasteiger partial charge in [-0.15, -0.1) is 0 Å². The van der Waals surface area contributed by atoms with Gasteiger partial charge >= 0.3 is 11.9 Å². The van der Waals surface area contributed by atoms with Crippen LogP contribution in [-0.4, -0.2) is 81.2 Å². The Balaban J connectivity index is 0. The summed E-state index contributed by atoms with van der Waals surface area (Å²) in [5.41, 5.74) is 0. The van der Waals surface area contributed by atoms with Crippen LogP contribution in [-0.2, 0) is 23.9 Å². The number of hydrogen-bond donors (Lipinski definition) is 0. The van der Waals surface area contributed by atoms with Gasteiger partial charge in [-0.3, -0.25) is 14.4 Å². The monoisotopic (exact) mass is 717 g/mol. The van der Waals surface area contributed by atoms with E-state index in [-0.39, 0.29) is 43.5 Å². The molecule has 0 aliphatic rings. The quantitative estimate of drug-likeness (QED) is 0.0380. The molecule has 0 aliphatic carbocycles. The third-order valence-electron chi connectivity index (χ3n) is 9.18. The van der Waals surface area contributed by atoms with Gasteiger partial charge in [0.15, 0.2) is 6.54 Å². The molecule has 0 aromatic heterocycles. The molecule has 0 radical (unpaired) electrons. The van der Waals surface area contributed by atoms with Gasteiger partial charge in [0.25, 0.3) is 5.91 Å². The van der Waals surface area contributed by atoms with Crippen LogP contribution < -0.4 is 12.4 Å². The van der Waals surface area contributed by atoms with Gasteiger partial charge in [-0.05, 0) is 12.8 Å². The summed E-state index contributed by atoms with van der Waals surface area (Å²) in [4.78, 5) is 39.2. The molecule has 0 saturated carbocycles. The van der Waals surface area contributed by atoms with E-state index in [1.807, 2.05) is 21.1 Å². The van der Waals surface area contributed by atoms with Crippen LogP contribution in [0.1, 0.15) is 194 Å². The highest BCUT2D eigenvalue weighted by Gasteiger charge is 2.21. The van der Waals surface area contributed by atoms with Crippen molar-refractivity contribution in [1.29, 1.82) is 0 Å². The molecule has 8 heteroatoms. The van der Waals surface area contributed by atoms with Crippen LogP contribution in [0.4, 0.5) is 0 Å². The molecule has 0 fully saturated rings. The lowest BCUT2D eigenvalue weighted by molar-refractivity contribution is -0.862. The summed E-state index contributed by atoms with van der Waals surface area (Å²) in [5.74, 6) is -0.412. The molecule has 7 nitrogen and oxygen atoms in total. The van der Waals surface area contributed by atoms with E-state index in [1.165, 1.54) is 141 Å². The van der Waals surface area contributed by atoms with Gasteiger partial charge in [0, 0.05) is 12.8 Å². The van der Waals surface area contributed by atoms with Gasteiger partial charge in [0.05, 0.1) is 34.2 Å². The fourth-order valence-electron chi connectivity index (χ4n) is 6.12. The molecule has 0 atom stereocenters. The molecule has 292 valence electrons. The largest absolute Gasteiger partial charge is 1.00 e. The van der Waals surface area contributed by atoms with Crippen LogP contribution in [0.25, 0.3) is 0 Å². The van der Waals surface area contributed by atoms with E-state index in [9.17, 15) is 14.4 Å². The van der Waals surface area contributed by atoms with Gasteiger partial charge in [0.1, 0.15) is 13.2 Å². The first-order valence-corrected chi connectivity index (χ1v) is 20.6. The molecule has 0 N–H and O–H groups in total. The van der Waals surface area contributed by atoms with E-state index >= 15 is 0 Å². The van der Waals surface area contributed by atoms with Gasteiger partial charge in [-0.1, -0.05) is 168 Å². The van der Waals surface area contributed by atoms with Crippen molar-refractivity contribution >= 4 is 17.8 Å². The van der Waals surface area contributed by atoms with E-state index in [0.717, 1.165) is 25.7 Å².